The average Bonchev–Trinajstić information content (AvgIpc) is 2.56. The topological polar surface area (TPSA) is 57.0 Å². The molecule has 5 nitrogen and oxygen atoms in total. The van der Waals surface area contributed by atoms with Crippen molar-refractivity contribution in [1.82, 2.24) is 14.5 Å². The molecular formula is C18H17Cl2N3O2. The Morgan fingerprint density at radius 3 is 2.72 bits per heavy atom. The van der Waals surface area contributed by atoms with Crippen LogP contribution in [0.4, 0.5) is 0 Å². The molecular weight excluding hydrogens is 361 g/mol. The number of nitrogens with zero attached hydrogens (tertiary/aromatic N) is 3. The van der Waals surface area contributed by atoms with Crippen molar-refractivity contribution in [3.63, 3.8) is 0 Å². The first-order chi connectivity index (χ1) is 11.9. The smallest absolute Gasteiger partial charge is 0.272 e. The van der Waals surface area contributed by atoms with Crippen LogP contribution in [0.15, 0.2) is 35.3 Å². The van der Waals surface area contributed by atoms with E-state index >= 15 is 0 Å². The maximum atomic E-state index is 12.6. The van der Waals surface area contributed by atoms with Gasteiger partial charge in [-0.25, -0.2) is 4.98 Å². The standard InChI is InChI=1S/C18H17Cl2N3O2/c1-10(9-25-3)23-15-6-7-21-16(17(15)22-11(2)18(23)24)13-5-4-12(19)8-14(13)20/h4-8,10H,9H2,1-3H3/t10-/m1/s1. The number of rotatable bonds is 4. The maximum absolute atomic E-state index is 12.6. The molecule has 0 saturated heterocycles. The van der Waals surface area contributed by atoms with Crippen molar-refractivity contribution in [3.05, 3.63) is 56.6 Å². The van der Waals surface area contributed by atoms with Crippen LogP contribution in [0.5, 0.6) is 0 Å². The van der Waals surface area contributed by atoms with Gasteiger partial charge in [-0.05, 0) is 38.1 Å². The third-order valence-corrected chi connectivity index (χ3v) is 4.55. The van der Waals surface area contributed by atoms with Crippen molar-refractivity contribution in [2.75, 3.05) is 13.7 Å². The van der Waals surface area contributed by atoms with Gasteiger partial charge in [0.15, 0.2) is 0 Å². The summed E-state index contributed by atoms with van der Waals surface area (Å²) in [6, 6.07) is 6.85. The lowest BCUT2D eigenvalue weighted by molar-refractivity contribution is 0.162. The lowest BCUT2D eigenvalue weighted by atomic mass is 10.1. The van der Waals surface area contributed by atoms with Gasteiger partial charge in [0.05, 0.1) is 28.9 Å². The van der Waals surface area contributed by atoms with Gasteiger partial charge in [-0.3, -0.25) is 14.3 Å². The van der Waals surface area contributed by atoms with E-state index in [0.717, 1.165) is 0 Å². The van der Waals surface area contributed by atoms with E-state index in [2.05, 4.69) is 9.97 Å². The van der Waals surface area contributed by atoms with Gasteiger partial charge in [0.25, 0.3) is 5.56 Å². The molecule has 3 rings (SSSR count). The third kappa shape index (κ3) is 3.27. The second-order valence-electron chi connectivity index (χ2n) is 5.83. The van der Waals surface area contributed by atoms with Crippen molar-refractivity contribution in [3.8, 4) is 11.3 Å². The van der Waals surface area contributed by atoms with Gasteiger partial charge in [-0.2, -0.15) is 0 Å². The minimum Gasteiger partial charge on any atom is -0.383 e. The zero-order chi connectivity index (χ0) is 18.1. The highest BCUT2D eigenvalue weighted by Crippen LogP contribution is 2.32. The third-order valence-electron chi connectivity index (χ3n) is 4.01. The Morgan fingerprint density at radius 1 is 1.28 bits per heavy atom. The van der Waals surface area contributed by atoms with E-state index in [1.807, 2.05) is 6.92 Å². The van der Waals surface area contributed by atoms with Gasteiger partial charge in [-0.15, -0.1) is 0 Å². The van der Waals surface area contributed by atoms with Crippen molar-refractivity contribution in [2.45, 2.75) is 19.9 Å². The highest BCUT2D eigenvalue weighted by atomic mass is 35.5. The number of ether oxygens (including phenoxy) is 1. The van der Waals surface area contributed by atoms with Crippen molar-refractivity contribution in [2.24, 2.45) is 0 Å². The maximum Gasteiger partial charge on any atom is 0.272 e. The molecule has 0 radical (unpaired) electrons. The molecule has 0 aliphatic rings. The molecule has 0 unspecified atom stereocenters. The molecule has 7 heteroatoms. The predicted molar refractivity (Wildman–Crippen MR) is 101 cm³/mol. The predicted octanol–water partition coefficient (Wildman–Crippen LogP) is 4.28. The number of benzene rings is 1. The lowest BCUT2D eigenvalue weighted by Crippen LogP contribution is -2.29. The number of methoxy groups -OCH3 is 1. The van der Waals surface area contributed by atoms with Crippen molar-refractivity contribution >= 4 is 34.2 Å². The van der Waals surface area contributed by atoms with Crippen molar-refractivity contribution in [1.29, 1.82) is 0 Å². The summed E-state index contributed by atoms with van der Waals surface area (Å²) in [6.45, 7) is 4.04. The molecule has 25 heavy (non-hydrogen) atoms. The molecule has 0 bridgehead atoms. The summed E-state index contributed by atoms with van der Waals surface area (Å²) in [4.78, 5) is 21.6. The summed E-state index contributed by atoms with van der Waals surface area (Å²) < 4.78 is 6.91. The first-order valence-corrected chi connectivity index (χ1v) is 8.52. The van der Waals surface area contributed by atoms with E-state index in [4.69, 9.17) is 27.9 Å². The van der Waals surface area contributed by atoms with Gasteiger partial charge in [0.2, 0.25) is 0 Å². The van der Waals surface area contributed by atoms with Gasteiger partial charge in [0.1, 0.15) is 11.2 Å². The average molecular weight is 378 g/mol. The van der Waals surface area contributed by atoms with Crippen LogP contribution in [0.2, 0.25) is 10.0 Å². The fourth-order valence-electron chi connectivity index (χ4n) is 2.88. The van der Waals surface area contributed by atoms with Crippen molar-refractivity contribution < 1.29 is 4.74 Å². The van der Waals surface area contributed by atoms with E-state index in [1.165, 1.54) is 0 Å². The summed E-state index contributed by atoms with van der Waals surface area (Å²) in [5.41, 5.74) is 2.89. The first-order valence-electron chi connectivity index (χ1n) is 7.76. The number of hydrogen-bond donors (Lipinski definition) is 0. The molecule has 0 spiro atoms. The minimum atomic E-state index is -0.142. The first kappa shape index (κ1) is 17.9. The second-order valence-corrected chi connectivity index (χ2v) is 6.67. The molecule has 2 aromatic heterocycles. The van der Waals surface area contributed by atoms with Crippen LogP contribution < -0.4 is 5.56 Å². The van der Waals surface area contributed by atoms with Gasteiger partial charge < -0.3 is 4.74 Å². The molecule has 2 heterocycles. The van der Waals surface area contributed by atoms with Crippen LogP contribution >= 0.6 is 23.2 Å². The summed E-state index contributed by atoms with van der Waals surface area (Å²) >= 11 is 12.3. The van der Waals surface area contributed by atoms with Crippen LogP contribution in [0.3, 0.4) is 0 Å². The van der Waals surface area contributed by atoms with Gasteiger partial charge in [0, 0.05) is 23.9 Å². The number of halogens is 2. The Morgan fingerprint density at radius 2 is 2.04 bits per heavy atom. The fourth-order valence-corrected chi connectivity index (χ4v) is 3.38. The second kappa shape index (κ2) is 7.12. The Kier molecular flexibility index (Phi) is 5.08. The molecule has 0 fully saturated rings. The Balaban J connectivity index is 2.35. The van der Waals surface area contributed by atoms with E-state index < -0.39 is 0 Å². The number of aromatic nitrogens is 3. The van der Waals surface area contributed by atoms with Crippen LogP contribution in [0.25, 0.3) is 22.3 Å². The van der Waals surface area contributed by atoms with Crippen LogP contribution in [-0.4, -0.2) is 28.3 Å². The highest BCUT2D eigenvalue weighted by molar-refractivity contribution is 6.36. The molecule has 0 saturated carbocycles. The fraction of sp³-hybridized carbons (Fsp3) is 0.278. The number of pyridine rings is 1. The molecule has 0 aliphatic carbocycles. The summed E-state index contributed by atoms with van der Waals surface area (Å²) in [7, 11) is 1.61. The number of hydrogen-bond acceptors (Lipinski definition) is 4. The zero-order valence-electron chi connectivity index (χ0n) is 14.1. The molecule has 0 amide bonds. The molecule has 1 aromatic carbocycles. The minimum absolute atomic E-state index is 0.141. The molecule has 0 aliphatic heterocycles. The number of aryl methyl sites for hydroxylation is 1. The highest BCUT2D eigenvalue weighted by Gasteiger charge is 2.18. The monoisotopic (exact) mass is 377 g/mol. The van der Waals surface area contributed by atoms with Crippen LogP contribution in [0.1, 0.15) is 18.7 Å². The van der Waals surface area contributed by atoms with Gasteiger partial charge >= 0.3 is 0 Å². The Labute approximate surface area is 155 Å². The SMILES string of the molecule is COC[C@@H](C)n1c(=O)c(C)nc2c(-c3ccc(Cl)cc3Cl)nccc21. The van der Waals surface area contributed by atoms with Gasteiger partial charge in [-0.1, -0.05) is 23.2 Å². The molecule has 3 aromatic rings. The summed E-state index contributed by atoms with van der Waals surface area (Å²) in [5.74, 6) is 0. The normalized spacial score (nSPS) is 12.5. The largest absolute Gasteiger partial charge is 0.383 e. The quantitative estimate of drug-likeness (QED) is 0.680. The molecule has 1 atom stereocenters. The van der Waals surface area contributed by atoms with Crippen LogP contribution in [-0.2, 0) is 4.74 Å². The van der Waals surface area contributed by atoms with E-state index in [1.54, 1.807) is 49.1 Å². The summed E-state index contributed by atoms with van der Waals surface area (Å²) in [5, 5.41) is 1.03. The Hall–Kier alpha value is -1.95. The van der Waals surface area contributed by atoms with E-state index in [-0.39, 0.29) is 11.6 Å². The summed E-state index contributed by atoms with van der Waals surface area (Å²) in [6.07, 6.45) is 1.65. The van der Waals surface area contributed by atoms with E-state index in [9.17, 15) is 4.79 Å². The molecule has 130 valence electrons. The zero-order valence-corrected chi connectivity index (χ0v) is 15.6. The molecule has 0 N–H and O–H groups in total. The Bertz CT molecular complexity index is 1000. The van der Waals surface area contributed by atoms with Crippen LogP contribution in [0, 0.1) is 6.92 Å². The lowest BCUT2D eigenvalue weighted by Gasteiger charge is -2.18. The van der Waals surface area contributed by atoms with E-state index in [0.29, 0.717) is 44.6 Å². The number of fused-ring (bicyclic) bond motifs is 1.